The minimum Gasteiger partial charge on any atom is -0.381 e. The van der Waals surface area contributed by atoms with Gasteiger partial charge >= 0.3 is 0 Å². The number of carbonyl (C=O) groups is 1. The highest BCUT2D eigenvalue weighted by Gasteiger charge is 2.54. The van der Waals surface area contributed by atoms with Gasteiger partial charge in [-0.15, -0.1) is 0 Å². The largest absolute Gasteiger partial charge is 0.381 e. The smallest absolute Gasteiger partial charge is 0.139 e. The number of rotatable bonds is 5. The van der Waals surface area contributed by atoms with Gasteiger partial charge < -0.3 is 4.74 Å². The monoisotopic (exact) mass is 251 g/mol. The molecule has 2 rings (SSSR count). The van der Waals surface area contributed by atoms with Gasteiger partial charge in [0.05, 0.1) is 6.10 Å². The summed E-state index contributed by atoms with van der Waals surface area (Å²) >= 11 is 0. The van der Waals surface area contributed by atoms with Gasteiger partial charge in [0.2, 0.25) is 0 Å². The molecule has 0 radical (unpaired) electrons. The zero-order valence-corrected chi connectivity index (χ0v) is 11.0. The quantitative estimate of drug-likeness (QED) is 0.427. The van der Waals surface area contributed by atoms with Gasteiger partial charge in [-0.05, 0) is 37.1 Å². The van der Waals surface area contributed by atoms with Crippen LogP contribution in [0.2, 0.25) is 0 Å². The number of azide groups is 1. The molecule has 100 valence electrons. The number of hydrogen-bond donors (Lipinski definition) is 0. The maximum absolute atomic E-state index is 12.0. The van der Waals surface area contributed by atoms with E-state index in [1.54, 1.807) is 7.11 Å². The summed E-state index contributed by atoms with van der Waals surface area (Å²) in [6.45, 7) is 0.454. The van der Waals surface area contributed by atoms with Crippen molar-refractivity contribution in [1.82, 2.24) is 0 Å². The maximum atomic E-state index is 12.0. The Balaban J connectivity index is 2.06. The Morgan fingerprint density at radius 1 is 1.56 bits per heavy atom. The molecule has 0 aromatic carbocycles. The standard InChI is InChI=1S/C13H21N3O2/c1-18-11(6-9-15-16-14)10-4-2-3-7-13(10)8-5-12(13)17/h10-11H,2-9H2,1H3/t10-,11+,13+/m1/s1. The second-order valence-corrected chi connectivity index (χ2v) is 5.45. The van der Waals surface area contributed by atoms with E-state index in [0.29, 0.717) is 18.2 Å². The Kier molecular flexibility index (Phi) is 4.25. The van der Waals surface area contributed by atoms with E-state index in [4.69, 9.17) is 10.3 Å². The van der Waals surface area contributed by atoms with Crippen molar-refractivity contribution in [3.8, 4) is 0 Å². The Morgan fingerprint density at radius 3 is 2.94 bits per heavy atom. The molecule has 18 heavy (non-hydrogen) atoms. The second kappa shape index (κ2) is 5.72. The molecule has 5 heteroatoms. The van der Waals surface area contributed by atoms with E-state index in [1.165, 1.54) is 6.42 Å². The Morgan fingerprint density at radius 2 is 2.39 bits per heavy atom. The van der Waals surface area contributed by atoms with E-state index in [-0.39, 0.29) is 11.5 Å². The average molecular weight is 251 g/mol. The molecule has 0 N–H and O–H groups in total. The molecular formula is C13H21N3O2. The van der Waals surface area contributed by atoms with Gasteiger partial charge in [0, 0.05) is 30.4 Å². The first-order chi connectivity index (χ1) is 8.74. The van der Waals surface area contributed by atoms with Crippen LogP contribution >= 0.6 is 0 Å². The molecule has 0 bridgehead atoms. The van der Waals surface area contributed by atoms with E-state index >= 15 is 0 Å². The third-order valence-corrected chi connectivity index (χ3v) is 4.78. The van der Waals surface area contributed by atoms with Crippen LogP contribution in [0.5, 0.6) is 0 Å². The predicted octanol–water partition coefficient (Wildman–Crippen LogP) is 3.24. The van der Waals surface area contributed by atoms with Crippen LogP contribution in [0.25, 0.3) is 10.4 Å². The van der Waals surface area contributed by atoms with Crippen LogP contribution in [0.1, 0.15) is 44.9 Å². The molecule has 0 unspecified atom stereocenters. The van der Waals surface area contributed by atoms with Crippen LogP contribution < -0.4 is 0 Å². The molecule has 0 aliphatic heterocycles. The van der Waals surface area contributed by atoms with Crippen LogP contribution in [-0.2, 0) is 9.53 Å². The lowest BCUT2D eigenvalue weighted by Gasteiger charge is -2.51. The molecule has 2 aliphatic rings. The van der Waals surface area contributed by atoms with Crippen LogP contribution in [-0.4, -0.2) is 25.5 Å². The highest BCUT2D eigenvalue weighted by molar-refractivity contribution is 5.90. The van der Waals surface area contributed by atoms with Gasteiger partial charge in [0.1, 0.15) is 5.78 Å². The summed E-state index contributed by atoms with van der Waals surface area (Å²) in [6.07, 6.45) is 6.98. The van der Waals surface area contributed by atoms with E-state index in [1.807, 2.05) is 0 Å². The SMILES string of the molecule is CO[C@@H](CCN=[N+]=[N-])[C@H]1CCCC[C@]12CCC2=O. The van der Waals surface area contributed by atoms with Crippen LogP contribution in [0, 0.1) is 11.3 Å². The molecule has 3 atom stereocenters. The lowest BCUT2D eigenvalue weighted by molar-refractivity contribution is -0.154. The van der Waals surface area contributed by atoms with E-state index in [0.717, 1.165) is 38.5 Å². The van der Waals surface area contributed by atoms with Crippen LogP contribution in [0.3, 0.4) is 0 Å². The summed E-state index contributed by atoms with van der Waals surface area (Å²) in [4.78, 5) is 14.8. The summed E-state index contributed by atoms with van der Waals surface area (Å²) in [6, 6.07) is 0. The second-order valence-electron chi connectivity index (χ2n) is 5.45. The van der Waals surface area contributed by atoms with Crippen LogP contribution in [0.15, 0.2) is 5.11 Å². The zero-order chi connectivity index (χ0) is 13.0. The van der Waals surface area contributed by atoms with E-state index in [9.17, 15) is 4.79 Å². The van der Waals surface area contributed by atoms with E-state index in [2.05, 4.69) is 10.0 Å². The molecule has 0 aromatic heterocycles. The normalized spacial score (nSPS) is 32.7. The van der Waals surface area contributed by atoms with Gasteiger partial charge in [-0.3, -0.25) is 4.79 Å². The minimum atomic E-state index is -0.102. The fourth-order valence-electron chi connectivity index (χ4n) is 3.73. The molecule has 5 nitrogen and oxygen atoms in total. The van der Waals surface area contributed by atoms with Crippen molar-refractivity contribution in [3.05, 3.63) is 10.4 Å². The lowest BCUT2D eigenvalue weighted by Crippen LogP contribution is -2.52. The maximum Gasteiger partial charge on any atom is 0.139 e. The Bertz CT molecular complexity index is 365. The molecule has 2 saturated carbocycles. The van der Waals surface area contributed by atoms with Gasteiger partial charge in [-0.25, -0.2) is 0 Å². The molecule has 1 spiro atoms. The molecule has 2 aliphatic carbocycles. The molecular weight excluding hydrogens is 230 g/mol. The first-order valence-electron chi connectivity index (χ1n) is 6.81. The van der Waals surface area contributed by atoms with Crippen molar-refractivity contribution in [2.75, 3.05) is 13.7 Å². The number of hydrogen-bond acceptors (Lipinski definition) is 3. The summed E-state index contributed by atoms with van der Waals surface area (Å²) < 4.78 is 5.58. The van der Waals surface area contributed by atoms with Gasteiger partial charge in [-0.1, -0.05) is 18.0 Å². The Hall–Kier alpha value is -1.06. The molecule has 0 heterocycles. The summed E-state index contributed by atoms with van der Waals surface area (Å²) in [5.74, 6) is 0.754. The number of Topliss-reactive ketones (excluding diaryl/α,β-unsaturated/α-hetero) is 1. The number of methoxy groups -OCH3 is 1. The number of carbonyl (C=O) groups excluding carboxylic acids is 1. The fraction of sp³-hybridized carbons (Fsp3) is 0.923. The summed E-state index contributed by atoms with van der Waals surface area (Å²) in [5, 5.41) is 3.58. The summed E-state index contributed by atoms with van der Waals surface area (Å²) in [5.41, 5.74) is 8.23. The van der Waals surface area contributed by atoms with Crippen molar-refractivity contribution in [3.63, 3.8) is 0 Å². The van der Waals surface area contributed by atoms with Gasteiger partial charge in [-0.2, -0.15) is 0 Å². The first-order valence-corrected chi connectivity index (χ1v) is 6.81. The third kappa shape index (κ3) is 2.25. The minimum absolute atomic E-state index is 0.0556. The molecule has 2 fully saturated rings. The zero-order valence-electron chi connectivity index (χ0n) is 11.0. The van der Waals surface area contributed by atoms with E-state index < -0.39 is 0 Å². The number of ketones is 1. The summed E-state index contributed by atoms with van der Waals surface area (Å²) in [7, 11) is 1.70. The highest BCUT2D eigenvalue weighted by atomic mass is 16.5. The lowest BCUT2D eigenvalue weighted by atomic mass is 9.53. The Labute approximate surface area is 108 Å². The van der Waals surface area contributed by atoms with Gasteiger partial charge in [0.25, 0.3) is 0 Å². The molecule has 0 amide bonds. The van der Waals surface area contributed by atoms with Crippen molar-refractivity contribution in [2.45, 2.75) is 51.0 Å². The fourth-order valence-corrected chi connectivity index (χ4v) is 3.73. The number of nitrogens with zero attached hydrogens (tertiary/aromatic N) is 3. The first kappa shape index (κ1) is 13.4. The van der Waals surface area contributed by atoms with Crippen molar-refractivity contribution < 1.29 is 9.53 Å². The third-order valence-electron chi connectivity index (χ3n) is 4.78. The predicted molar refractivity (Wildman–Crippen MR) is 68.1 cm³/mol. The highest BCUT2D eigenvalue weighted by Crippen LogP contribution is 2.54. The van der Waals surface area contributed by atoms with Gasteiger partial charge in [0.15, 0.2) is 0 Å². The van der Waals surface area contributed by atoms with Crippen molar-refractivity contribution in [2.24, 2.45) is 16.4 Å². The average Bonchev–Trinajstić information content (AvgIpc) is 2.42. The molecule has 0 saturated heterocycles. The van der Waals surface area contributed by atoms with Crippen molar-refractivity contribution in [1.29, 1.82) is 0 Å². The number of ether oxygens (including phenoxy) is 1. The van der Waals surface area contributed by atoms with Crippen molar-refractivity contribution >= 4 is 5.78 Å². The molecule has 0 aromatic rings. The topological polar surface area (TPSA) is 75.1 Å². The van der Waals surface area contributed by atoms with Crippen LogP contribution in [0.4, 0.5) is 0 Å².